The van der Waals surface area contributed by atoms with Crippen LogP contribution < -0.4 is 0 Å². The zero-order valence-electron chi connectivity index (χ0n) is 9.24. The summed E-state index contributed by atoms with van der Waals surface area (Å²) in [6, 6.07) is 6.83. The molecule has 0 atom stereocenters. The first-order valence-corrected chi connectivity index (χ1v) is 5.19. The number of allylic oxidation sites excluding steroid dienone is 2. The summed E-state index contributed by atoms with van der Waals surface area (Å²) in [4.78, 5) is 0. The summed E-state index contributed by atoms with van der Waals surface area (Å²) in [6.45, 7) is 0. The largest absolute Gasteiger partial charge is 0.382 e. The summed E-state index contributed by atoms with van der Waals surface area (Å²) >= 11 is 0. The molecule has 0 N–H and O–H groups in total. The number of rotatable bonds is 2. The Morgan fingerprint density at radius 2 is 1.32 bits per heavy atom. The van der Waals surface area contributed by atoms with Gasteiger partial charge >= 0.3 is 17.8 Å². The molecule has 0 fully saturated rings. The Hall–Kier alpha value is -1.53. The third-order valence-corrected chi connectivity index (χ3v) is 2.93. The number of alkyl halides is 6. The van der Waals surface area contributed by atoms with E-state index in [1.165, 1.54) is 30.3 Å². The van der Waals surface area contributed by atoms with Crippen LogP contribution in [0.15, 0.2) is 41.7 Å². The Balaban J connectivity index is 2.47. The van der Waals surface area contributed by atoms with Gasteiger partial charge in [-0.1, -0.05) is 30.3 Å². The molecule has 1 aliphatic rings. The molecule has 1 aromatic carbocycles. The minimum atomic E-state index is -5.76. The predicted molar refractivity (Wildman–Crippen MR) is 53.1 cm³/mol. The Bertz CT molecular complexity index is 516. The zero-order chi connectivity index (χ0) is 14.5. The van der Waals surface area contributed by atoms with Crippen LogP contribution >= 0.6 is 0 Å². The van der Waals surface area contributed by atoms with Crippen LogP contribution in [0.1, 0.15) is 5.56 Å². The lowest BCUT2D eigenvalue weighted by molar-refractivity contribution is -0.268. The van der Waals surface area contributed by atoms with Crippen molar-refractivity contribution in [1.82, 2.24) is 0 Å². The van der Waals surface area contributed by atoms with Gasteiger partial charge in [-0.15, -0.1) is 0 Å². The van der Waals surface area contributed by atoms with Gasteiger partial charge < -0.3 is 0 Å². The molecule has 104 valence electrons. The van der Waals surface area contributed by atoms with Gasteiger partial charge in [0.25, 0.3) is 0 Å². The van der Waals surface area contributed by atoms with E-state index in [1.54, 1.807) is 0 Å². The SMILES string of the molecule is FC1=C(Cc2ccccc2)C(F)(F)C(F)(F)C1(F)F. The van der Waals surface area contributed by atoms with Crippen LogP contribution in [0.4, 0.5) is 30.7 Å². The number of benzene rings is 1. The molecule has 0 nitrogen and oxygen atoms in total. The average molecular weight is 284 g/mol. The van der Waals surface area contributed by atoms with Gasteiger partial charge in [0.1, 0.15) is 0 Å². The van der Waals surface area contributed by atoms with E-state index in [2.05, 4.69) is 0 Å². The molecule has 1 aromatic rings. The molecule has 0 aliphatic heterocycles. The average Bonchev–Trinajstić information content (AvgIpc) is 2.42. The molecular formula is C12H7F7. The Morgan fingerprint density at radius 3 is 1.74 bits per heavy atom. The van der Waals surface area contributed by atoms with Crippen LogP contribution in [-0.4, -0.2) is 17.8 Å². The fourth-order valence-electron chi connectivity index (χ4n) is 1.84. The van der Waals surface area contributed by atoms with E-state index in [0.29, 0.717) is 0 Å². The second kappa shape index (κ2) is 3.98. The van der Waals surface area contributed by atoms with Crippen LogP contribution in [0, 0.1) is 0 Å². The van der Waals surface area contributed by atoms with E-state index in [0.717, 1.165) is 0 Å². The Morgan fingerprint density at radius 1 is 0.789 bits per heavy atom. The second-order valence-corrected chi connectivity index (χ2v) is 4.18. The van der Waals surface area contributed by atoms with Gasteiger partial charge in [0.05, 0.1) is 0 Å². The summed E-state index contributed by atoms with van der Waals surface area (Å²) < 4.78 is 91.4. The lowest BCUT2D eigenvalue weighted by atomic mass is 10.0. The van der Waals surface area contributed by atoms with Gasteiger partial charge in [-0.2, -0.15) is 26.3 Å². The maximum absolute atomic E-state index is 13.3. The minimum Gasteiger partial charge on any atom is -0.205 e. The summed E-state index contributed by atoms with van der Waals surface area (Å²) in [6.07, 6.45) is -0.995. The standard InChI is InChI=1S/C12H7F7/c13-9-8(6-7-4-2-1-3-5-7)10(14,15)12(18,19)11(9,16)17/h1-5H,6H2. The topological polar surface area (TPSA) is 0 Å². The van der Waals surface area contributed by atoms with E-state index < -0.39 is 35.6 Å². The Kier molecular flexibility index (Phi) is 2.91. The molecule has 2 rings (SSSR count). The van der Waals surface area contributed by atoms with Gasteiger partial charge in [0.15, 0.2) is 5.83 Å². The first-order chi connectivity index (χ1) is 8.62. The molecule has 0 bridgehead atoms. The molecule has 1 aliphatic carbocycles. The third kappa shape index (κ3) is 1.74. The maximum Gasteiger partial charge on any atom is 0.382 e. The molecule has 7 heteroatoms. The molecular weight excluding hydrogens is 277 g/mol. The van der Waals surface area contributed by atoms with Gasteiger partial charge in [-0.05, 0) is 5.56 Å². The summed E-state index contributed by atoms with van der Waals surface area (Å²) in [5, 5.41) is 0. The number of hydrogen-bond donors (Lipinski definition) is 0. The highest BCUT2D eigenvalue weighted by Crippen LogP contribution is 2.60. The van der Waals surface area contributed by atoms with Crippen molar-refractivity contribution in [2.45, 2.75) is 24.2 Å². The van der Waals surface area contributed by atoms with Crippen molar-refractivity contribution in [1.29, 1.82) is 0 Å². The zero-order valence-corrected chi connectivity index (χ0v) is 9.24. The van der Waals surface area contributed by atoms with E-state index >= 15 is 0 Å². The third-order valence-electron chi connectivity index (χ3n) is 2.93. The Labute approximate surface area is 103 Å². The molecule has 0 unspecified atom stereocenters. The van der Waals surface area contributed by atoms with Gasteiger partial charge in [-0.3, -0.25) is 0 Å². The van der Waals surface area contributed by atoms with Crippen molar-refractivity contribution in [3.8, 4) is 0 Å². The van der Waals surface area contributed by atoms with Crippen LogP contribution in [0.2, 0.25) is 0 Å². The molecule has 0 saturated heterocycles. The van der Waals surface area contributed by atoms with Gasteiger partial charge in [-0.25, -0.2) is 4.39 Å². The van der Waals surface area contributed by atoms with Crippen LogP contribution in [-0.2, 0) is 6.42 Å². The van der Waals surface area contributed by atoms with Crippen molar-refractivity contribution in [3.05, 3.63) is 47.3 Å². The van der Waals surface area contributed by atoms with Crippen LogP contribution in [0.3, 0.4) is 0 Å². The monoisotopic (exact) mass is 284 g/mol. The molecule has 0 aromatic heterocycles. The highest BCUT2D eigenvalue weighted by atomic mass is 19.3. The van der Waals surface area contributed by atoms with E-state index in [1.807, 2.05) is 0 Å². The van der Waals surface area contributed by atoms with Crippen molar-refractivity contribution in [2.75, 3.05) is 0 Å². The van der Waals surface area contributed by atoms with Crippen molar-refractivity contribution in [2.24, 2.45) is 0 Å². The van der Waals surface area contributed by atoms with Gasteiger partial charge in [0.2, 0.25) is 0 Å². The fourth-order valence-corrected chi connectivity index (χ4v) is 1.84. The minimum absolute atomic E-state index is 0.0424. The van der Waals surface area contributed by atoms with Gasteiger partial charge in [0, 0.05) is 12.0 Å². The normalized spacial score (nSPS) is 23.7. The van der Waals surface area contributed by atoms with E-state index in [4.69, 9.17) is 0 Å². The quantitative estimate of drug-likeness (QED) is 0.707. The van der Waals surface area contributed by atoms with Crippen molar-refractivity contribution in [3.63, 3.8) is 0 Å². The number of hydrogen-bond acceptors (Lipinski definition) is 0. The van der Waals surface area contributed by atoms with E-state index in [-0.39, 0.29) is 5.56 Å². The van der Waals surface area contributed by atoms with Crippen LogP contribution in [0.5, 0.6) is 0 Å². The first-order valence-electron chi connectivity index (χ1n) is 5.19. The van der Waals surface area contributed by atoms with Crippen molar-refractivity contribution < 1.29 is 30.7 Å². The maximum atomic E-state index is 13.3. The molecule has 0 amide bonds. The van der Waals surface area contributed by atoms with Crippen molar-refractivity contribution >= 4 is 0 Å². The lowest BCUT2D eigenvalue weighted by Crippen LogP contribution is -2.49. The summed E-state index contributed by atoms with van der Waals surface area (Å²) in [7, 11) is 0. The number of halogens is 7. The molecule has 0 saturated carbocycles. The van der Waals surface area contributed by atoms with Crippen LogP contribution in [0.25, 0.3) is 0 Å². The first kappa shape index (κ1) is 13.9. The fraction of sp³-hybridized carbons (Fsp3) is 0.333. The predicted octanol–water partition coefficient (Wildman–Crippen LogP) is 4.37. The highest BCUT2D eigenvalue weighted by Gasteiger charge is 2.80. The highest BCUT2D eigenvalue weighted by molar-refractivity contribution is 5.40. The van der Waals surface area contributed by atoms with E-state index in [9.17, 15) is 30.7 Å². The molecule has 0 radical (unpaired) electrons. The smallest absolute Gasteiger partial charge is 0.205 e. The molecule has 19 heavy (non-hydrogen) atoms. The second-order valence-electron chi connectivity index (χ2n) is 4.18. The molecule has 0 spiro atoms. The summed E-state index contributed by atoms with van der Waals surface area (Å²) in [5.41, 5.74) is -1.82. The molecule has 0 heterocycles. The lowest BCUT2D eigenvalue weighted by Gasteiger charge is -2.24. The summed E-state index contributed by atoms with van der Waals surface area (Å²) in [5.74, 6) is -19.2.